The van der Waals surface area contributed by atoms with Gasteiger partial charge in [-0.3, -0.25) is 9.69 Å². The van der Waals surface area contributed by atoms with Gasteiger partial charge in [-0.2, -0.15) is 0 Å². The molecule has 4 heteroatoms. The third kappa shape index (κ3) is 2.35. The summed E-state index contributed by atoms with van der Waals surface area (Å²) in [6, 6.07) is 0.586. The molecule has 0 spiro atoms. The number of carbonyl (C=O) groups is 1. The zero-order valence-electron chi connectivity index (χ0n) is 12.3. The van der Waals surface area contributed by atoms with Crippen LogP contribution < -0.4 is 0 Å². The van der Waals surface area contributed by atoms with Crippen LogP contribution in [0.15, 0.2) is 10.6 Å². The summed E-state index contributed by atoms with van der Waals surface area (Å²) < 4.78 is 6.57. The molecule has 112 valence electrons. The highest BCUT2D eigenvalue weighted by Gasteiger charge is 2.52. The first kappa shape index (κ1) is 14.6. The van der Waals surface area contributed by atoms with E-state index in [0.29, 0.717) is 24.5 Å². The number of fused-ring (bicyclic) bond motifs is 3. The van der Waals surface area contributed by atoms with Crippen LogP contribution in [0.5, 0.6) is 0 Å². The third-order valence-electron chi connectivity index (χ3n) is 5.37. The second-order valence-corrected chi connectivity index (χ2v) is 7.33. The topological polar surface area (TPSA) is 29.5 Å². The standard InChI is InChI=1S/C16H24BrNO2/c1-3-20-16(19)14-10(2)12(17)8-11-9-18-7-5-4-6-13(18)15(11)14/h8,10-11,13-15H,3-7,9H2,1-2H3/t10-,11-,13-,14-,15+/m1/s1. The number of rotatable bonds is 2. The zero-order valence-corrected chi connectivity index (χ0v) is 13.9. The van der Waals surface area contributed by atoms with Crippen molar-refractivity contribution in [1.82, 2.24) is 4.90 Å². The molecule has 0 N–H and O–H groups in total. The molecule has 0 amide bonds. The van der Waals surface area contributed by atoms with E-state index in [0.717, 1.165) is 6.54 Å². The highest BCUT2D eigenvalue weighted by atomic mass is 79.9. The van der Waals surface area contributed by atoms with Gasteiger partial charge in [-0.25, -0.2) is 0 Å². The van der Waals surface area contributed by atoms with E-state index in [1.807, 2.05) is 6.92 Å². The largest absolute Gasteiger partial charge is 0.466 e. The summed E-state index contributed by atoms with van der Waals surface area (Å²) in [6.45, 7) is 6.86. The highest BCUT2D eigenvalue weighted by molar-refractivity contribution is 9.11. The van der Waals surface area contributed by atoms with Crippen molar-refractivity contribution in [3.63, 3.8) is 0 Å². The van der Waals surface area contributed by atoms with E-state index >= 15 is 0 Å². The van der Waals surface area contributed by atoms with Crippen molar-refractivity contribution in [1.29, 1.82) is 0 Å². The van der Waals surface area contributed by atoms with E-state index in [4.69, 9.17) is 4.74 Å². The first-order valence-corrected chi connectivity index (χ1v) is 8.70. The summed E-state index contributed by atoms with van der Waals surface area (Å²) in [5, 5.41) is 0. The molecule has 1 aliphatic carbocycles. The van der Waals surface area contributed by atoms with Crippen molar-refractivity contribution in [3.05, 3.63) is 10.6 Å². The molecular formula is C16H24BrNO2. The Bertz CT molecular complexity index is 423. The zero-order chi connectivity index (χ0) is 14.3. The Labute approximate surface area is 129 Å². The number of ether oxygens (including phenoxy) is 1. The van der Waals surface area contributed by atoms with Crippen LogP contribution in [0, 0.1) is 23.7 Å². The Balaban J connectivity index is 1.90. The van der Waals surface area contributed by atoms with Gasteiger partial charge in [-0.15, -0.1) is 0 Å². The van der Waals surface area contributed by atoms with Gasteiger partial charge < -0.3 is 4.74 Å². The van der Waals surface area contributed by atoms with Gasteiger partial charge >= 0.3 is 5.97 Å². The monoisotopic (exact) mass is 341 g/mol. The van der Waals surface area contributed by atoms with E-state index in [1.165, 1.54) is 30.3 Å². The second kappa shape index (κ2) is 5.80. The van der Waals surface area contributed by atoms with E-state index in [9.17, 15) is 4.79 Å². The van der Waals surface area contributed by atoms with Gasteiger partial charge in [0.1, 0.15) is 0 Å². The molecule has 0 saturated carbocycles. The molecule has 2 saturated heterocycles. The van der Waals surface area contributed by atoms with Gasteiger partial charge in [-0.1, -0.05) is 35.4 Å². The van der Waals surface area contributed by atoms with Crippen molar-refractivity contribution in [2.24, 2.45) is 23.7 Å². The molecule has 0 aromatic heterocycles. The number of esters is 1. The number of nitrogens with zero attached hydrogens (tertiary/aromatic N) is 1. The fourth-order valence-electron chi connectivity index (χ4n) is 4.49. The Morgan fingerprint density at radius 1 is 1.50 bits per heavy atom. The smallest absolute Gasteiger partial charge is 0.309 e. The number of allylic oxidation sites excluding steroid dienone is 1. The summed E-state index contributed by atoms with van der Waals surface area (Å²) in [4.78, 5) is 15.1. The average Bonchev–Trinajstić information content (AvgIpc) is 2.78. The SMILES string of the molecule is CCOC(=O)[C@H]1[C@H]2[C@H](C=C(Br)[C@H]1C)CN1CCCC[C@H]21. The third-order valence-corrected chi connectivity index (χ3v) is 6.36. The van der Waals surface area contributed by atoms with Crippen LogP contribution in [0.4, 0.5) is 0 Å². The maximum absolute atomic E-state index is 12.5. The Morgan fingerprint density at radius 3 is 3.05 bits per heavy atom. The molecule has 2 heterocycles. The number of carbonyl (C=O) groups excluding carboxylic acids is 1. The van der Waals surface area contributed by atoms with Crippen LogP contribution in [0.3, 0.4) is 0 Å². The summed E-state index contributed by atoms with van der Waals surface area (Å²) in [7, 11) is 0. The Hall–Kier alpha value is -0.350. The number of halogens is 1. The molecule has 2 fully saturated rings. The van der Waals surface area contributed by atoms with Gasteiger partial charge in [0.15, 0.2) is 0 Å². The first-order valence-electron chi connectivity index (χ1n) is 7.91. The fourth-order valence-corrected chi connectivity index (χ4v) is 5.11. The molecular weight excluding hydrogens is 318 g/mol. The normalized spacial score (nSPS) is 40.8. The van der Waals surface area contributed by atoms with E-state index in [2.05, 4.69) is 33.8 Å². The van der Waals surface area contributed by atoms with Crippen molar-refractivity contribution in [3.8, 4) is 0 Å². The molecule has 0 aromatic rings. The van der Waals surface area contributed by atoms with E-state index in [1.54, 1.807) is 0 Å². The molecule has 0 bridgehead atoms. The number of hydrogen-bond donors (Lipinski definition) is 0. The summed E-state index contributed by atoms with van der Waals surface area (Å²) in [5.74, 6) is 1.24. The van der Waals surface area contributed by atoms with Gasteiger partial charge in [0.05, 0.1) is 12.5 Å². The molecule has 3 aliphatic rings. The van der Waals surface area contributed by atoms with E-state index < -0.39 is 0 Å². The number of piperidine rings is 1. The minimum Gasteiger partial charge on any atom is -0.466 e. The molecule has 3 rings (SSSR count). The average molecular weight is 342 g/mol. The van der Waals surface area contributed by atoms with Crippen LogP contribution in [0.25, 0.3) is 0 Å². The van der Waals surface area contributed by atoms with Crippen LogP contribution in [0.2, 0.25) is 0 Å². The summed E-state index contributed by atoms with van der Waals surface area (Å²) in [6.07, 6.45) is 6.22. The van der Waals surface area contributed by atoms with Gasteiger partial charge in [0, 0.05) is 18.5 Å². The summed E-state index contributed by atoms with van der Waals surface area (Å²) in [5.41, 5.74) is 0. The lowest BCUT2D eigenvalue weighted by Gasteiger charge is -2.39. The van der Waals surface area contributed by atoms with E-state index in [-0.39, 0.29) is 17.8 Å². The Kier molecular flexibility index (Phi) is 4.23. The molecule has 3 nitrogen and oxygen atoms in total. The Morgan fingerprint density at radius 2 is 2.30 bits per heavy atom. The van der Waals surface area contributed by atoms with Gasteiger partial charge in [0.2, 0.25) is 0 Å². The number of hydrogen-bond acceptors (Lipinski definition) is 3. The van der Waals surface area contributed by atoms with Crippen LogP contribution in [-0.2, 0) is 9.53 Å². The molecule has 0 unspecified atom stereocenters. The van der Waals surface area contributed by atoms with Gasteiger partial charge in [0.25, 0.3) is 0 Å². The molecule has 2 aliphatic heterocycles. The predicted octanol–water partition coefficient (Wildman–Crippen LogP) is 3.19. The molecule has 0 aromatic carbocycles. The maximum atomic E-state index is 12.5. The van der Waals surface area contributed by atoms with Crippen LogP contribution in [0.1, 0.15) is 33.1 Å². The molecule has 20 heavy (non-hydrogen) atoms. The molecule has 5 atom stereocenters. The quantitative estimate of drug-likeness (QED) is 0.722. The maximum Gasteiger partial charge on any atom is 0.309 e. The fraction of sp³-hybridized carbons (Fsp3) is 0.812. The van der Waals surface area contributed by atoms with Crippen molar-refractivity contribution in [2.45, 2.75) is 39.2 Å². The lowest BCUT2D eigenvalue weighted by Crippen LogP contribution is -2.44. The summed E-state index contributed by atoms with van der Waals surface area (Å²) >= 11 is 3.68. The van der Waals surface area contributed by atoms with Crippen LogP contribution >= 0.6 is 15.9 Å². The van der Waals surface area contributed by atoms with Crippen molar-refractivity contribution in [2.75, 3.05) is 19.7 Å². The lowest BCUT2D eigenvalue weighted by molar-refractivity contribution is -0.152. The highest BCUT2D eigenvalue weighted by Crippen LogP contribution is 2.49. The first-order chi connectivity index (χ1) is 9.63. The lowest BCUT2D eigenvalue weighted by atomic mass is 9.69. The van der Waals surface area contributed by atoms with Crippen molar-refractivity contribution < 1.29 is 9.53 Å². The molecule has 0 radical (unpaired) electrons. The second-order valence-electron chi connectivity index (χ2n) is 6.42. The van der Waals surface area contributed by atoms with Crippen LogP contribution in [-0.4, -0.2) is 36.6 Å². The minimum absolute atomic E-state index is 0.00692. The predicted molar refractivity (Wildman–Crippen MR) is 82.5 cm³/mol. The minimum atomic E-state index is 0.00692. The van der Waals surface area contributed by atoms with Crippen molar-refractivity contribution >= 4 is 21.9 Å². The van der Waals surface area contributed by atoms with Gasteiger partial charge in [-0.05, 0) is 42.6 Å².